The Hall–Kier alpha value is -1.91. The van der Waals surface area contributed by atoms with E-state index in [4.69, 9.17) is 10.6 Å². The second-order valence-corrected chi connectivity index (χ2v) is 4.27. The molecule has 4 nitrogen and oxygen atoms in total. The topological polar surface area (TPSA) is 60.2 Å². The number of hydrazine groups is 1. The van der Waals surface area contributed by atoms with Gasteiger partial charge in [-0.2, -0.15) is 0 Å². The van der Waals surface area contributed by atoms with Gasteiger partial charge in [0.2, 0.25) is 0 Å². The number of benzene rings is 1. The predicted octanol–water partition coefficient (Wildman–Crippen LogP) is 2.42. The number of para-hydroxylation sites is 1. The van der Waals surface area contributed by atoms with Crippen LogP contribution in [0.3, 0.4) is 0 Å². The molecule has 2 aromatic rings. The van der Waals surface area contributed by atoms with Crippen LogP contribution >= 0.6 is 0 Å². The summed E-state index contributed by atoms with van der Waals surface area (Å²) in [5.41, 5.74) is 4.86. The monoisotopic (exact) mass is 257 g/mol. The van der Waals surface area contributed by atoms with Crippen molar-refractivity contribution >= 4 is 0 Å². The summed E-state index contributed by atoms with van der Waals surface area (Å²) in [5, 5.41) is 0. The largest absolute Gasteiger partial charge is 0.493 e. The second-order valence-electron chi connectivity index (χ2n) is 4.27. The normalized spacial score (nSPS) is 12.1. The van der Waals surface area contributed by atoms with Crippen LogP contribution in [-0.4, -0.2) is 11.6 Å². The molecule has 0 radical (unpaired) electrons. The number of aromatic nitrogens is 1. The highest BCUT2D eigenvalue weighted by Crippen LogP contribution is 2.29. The van der Waals surface area contributed by atoms with Gasteiger partial charge in [0.05, 0.1) is 12.6 Å². The van der Waals surface area contributed by atoms with E-state index in [1.807, 2.05) is 36.4 Å². The van der Waals surface area contributed by atoms with E-state index in [9.17, 15) is 0 Å². The average Bonchev–Trinajstić information content (AvgIpc) is 2.48. The van der Waals surface area contributed by atoms with E-state index in [1.165, 1.54) is 0 Å². The maximum absolute atomic E-state index is 5.77. The van der Waals surface area contributed by atoms with Gasteiger partial charge in [0.15, 0.2) is 0 Å². The number of nitrogens with zero attached hydrogens (tertiary/aromatic N) is 1. The van der Waals surface area contributed by atoms with Gasteiger partial charge in [-0.25, -0.2) is 5.43 Å². The Balaban J connectivity index is 2.33. The highest BCUT2D eigenvalue weighted by atomic mass is 16.5. The third-order valence-electron chi connectivity index (χ3n) is 2.88. The first kappa shape index (κ1) is 13.5. The minimum atomic E-state index is -0.123. The van der Waals surface area contributed by atoms with Crippen molar-refractivity contribution in [1.29, 1.82) is 0 Å². The van der Waals surface area contributed by atoms with E-state index in [-0.39, 0.29) is 6.04 Å². The quantitative estimate of drug-likeness (QED) is 0.616. The third-order valence-corrected chi connectivity index (χ3v) is 2.88. The van der Waals surface area contributed by atoms with Crippen molar-refractivity contribution in [3.8, 4) is 5.75 Å². The Labute approximate surface area is 113 Å². The van der Waals surface area contributed by atoms with Crippen LogP contribution in [0.4, 0.5) is 0 Å². The molecule has 19 heavy (non-hydrogen) atoms. The van der Waals surface area contributed by atoms with Crippen LogP contribution in [-0.2, 0) is 0 Å². The van der Waals surface area contributed by atoms with Gasteiger partial charge in [0.1, 0.15) is 5.75 Å². The van der Waals surface area contributed by atoms with Crippen molar-refractivity contribution in [3.63, 3.8) is 0 Å². The van der Waals surface area contributed by atoms with Crippen LogP contribution in [0.5, 0.6) is 5.75 Å². The first-order valence-electron chi connectivity index (χ1n) is 6.44. The van der Waals surface area contributed by atoms with Gasteiger partial charge in [0.25, 0.3) is 0 Å². The van der Waals surface area contributed by atoms with Crippen molar-refractivity contribution in [3.05, 3.63) is 59.9 Å². The van der Waals surface area contributed by atoms with Gasteiger partial charge in [0, 0.05) is 18.0 Å². The maximum atomic E-state index is 5.77. The first-order chi connectivity index (χ1) is 9.36. The second kappa shape index (κ2) is 6.87. The number of nitrogens with one attached hydrogen (secondary N) is 1. The smallest absolute Gasteiger partial charge is 0.124 e. The number of hydrogen-bond donors (Lipinski definition) is 2. The Bertz CT molecular complexity index is 502. The summed E-state index contributed by atoms with van der Waals surface area (Å²) in [7, 11) is 0. The minimum Gasteiger partial charge on any atom is -0.493 e. The molecule has 0 aliphatic rings. The third kappa shape index (κ3) is 3.30. The predicted molar refractivity (Wildman–Crippen MR) is 75.6 cm³/mol. The van der Waals surface area contributed by atoms with Gasteiger partial charge >= 0.3 is 0 Å². The number of rotatable bonds is 6. The molecule has 0 aliphatic carbocycles. The summed E-state index contributed by atoms with van der Waals surface area (Å²) in [6.45, 7) is 2.78. The van der Waals surface area contributed by atoms with Crippen LogP contribution < -0.4 is 16.0 Å². The van der Waals surface area contributed by atoms with Crippen LogP contribution in [0.25, 0.3) is 0 Å². The average molecular weight is 257 g/mol. The first-order valence-corrected chi connectivity index (χ1v) is 6.44. The fourth-order valence-electron chi connectivity index (χ4n) is 1.97. The van der Waals surface area contributed by atoms with Crippen molar-refractivity contribution in [2.45, 2.75) is 19.4 Å². The lowest BCUT2D eigenvalue weighted by Crippen LogP contribution is -2.29. The van der Waals surface area contributed by atoms with Gasteiger partial charge < -0.3 is 4.74 Å². The van der Waals surface area contributed by atoms with Crippen LogP contribution in [0.2, 0.25) is 0 Å². The molecule has 0 saturated heterocycles. The highest BCUT2D eigenvalue weighted by Gasteiger charge is 2.16. The van der Waals surface area contributed by atoms with Gasteiger partial charge in [-0.3, -0.25) is 10.8 Å². The van der Waals surface area contributed by atoms with Crippen LogP contribution in [0, 0.1) is 0 Å². The molecule has 1 unspecified atom stereocenters. The van der Waals surface area contributed by atoms with E-state index in [0.29, 0.717) is 6.61 Å². The maximum Gasteiger partial charge on any atom is 0.124 e. The summed E-state index contributed by atoms with van der Waals surface area (Å²) in [6, 6.07) is 11.7. The van der Waals surface area contributed by atoms with Crippen molar-refractivity contribution in [2.24, 2.45) is 5.84 Å². The summed E-state index contributed by atoms with van der Waals surface area (Å²) in [5.74, 6) is 6.56. The standard InChI is InChI=1S/C15H19N3O/c1-2-10-19-14-8-4-3-7-13(14)15(18-16)12-6-5-9-17-11-12/h3-9,11,15,18H,2,10,16H2,1H3. The Morgan fingerprint density at radius 3 is 2.79 bits per heavy atom. The fraction of sp³-hybridized carbons (Fsp3) is 0.267. The number of hydrogen-bond acceptors (Lipinski definition) is 4. The summed E-state index contributed by atoms with van der Waals surface area (Å²) in [4.78, 5) is 4.13. The molecular weight excluding hydrogens is 238 g/mol. The van der Waals surface area contributed by atoms with Crippen molar-refractivity contribution < 1.29 is 4.74 Å². The van der Waals surface area contributed by atoms with Crippen molar-refractivity contribution in [2.75, 3.05) is 6.61 Å². The molecule has 4 heteroatoms. The van der Waals surface area contributed by atoms with Crippen LogP contribution in [0.15, 0.2) is 48.8 Å². The summed E-state index contributed by atoms with van der Waals surface area (Å²) in [6.07, 6.45) is 4.53. The molecule has 0 amide bonds. The van der Waals surface area contributed by atoms with Gasteiger partial charge in [-0.05, 0) is 24.1 Å². The SMILES string of the molecule is CCCOc1ccccc1C(NN)c1cccnc1. The van der Waals surface area contributed by atoms with Gasteiger partial charge in [-0.1, -0.05) is 31.2 Å². The lowest BCUT2D eigenvalue weighted by atomic mass is 10.00. The molecule has 100 valence electrons. The lowest BCUT2D eigenvalue weighted by molar-refractivity contribution is 0.311. The molecule has 0 spiro atoms. The van der Waals surface area contributed by atoms with E-state index in [1.54, 1.807) is 12.4 Å². The summed E-state index contributed by atoms with van der Waals surface area (Å²) >= 11 is 0. The van der Waals surface area contributed by atoms with E-state index < -0.39 is 0 Å². The minimum absolute atomic E-state index is 0.123. The van der Waals surface area contributed by atoms with Crippen LogP contribution in [0.1, 0.15) is 30.5 Å². The molecule has 0 bridgehead atoms. The zero-order valence-corrected chi connectivity index (χ0v) is 11.0. The fourth-order valence-corrected chi connectivity index (χ4v) is 1.97. The van der Waals surface area contributed by atoms with Crippen molar-refractivity contribution in [1.82, 2.24) is 10.4 Å². The zero-order valence-electron chi connectivity index (χ0n) is 11.0. The van der Waals surface area contributed by atoms with E-state index >= 15 is 0 Å². The van der Waals surface area contributed by atoms with E-state index in [2.05, 4.69) is 17.3 Å². The summed E-state index contributed by atoms with van der Waals surface area (Å²) < 4.78 is 5.77. The van der Waals surface area contributed by atoms with E-state index in [0.717, 1.165) is 23.3 Å². The molecule has 0 saturated carbocycles. The molecule has 0 aliphatic heterocycles. The number of ether oxygens (including phenoxy) is 1. The molecule has 2 rings (SSSR count). The molecule has 3 N–H and O–H groups in total. The molecular formula is C15H19N3O. The molecule has 1 atom stereocenters. The zero-order chi connectivity index (χ0) is 13.5. The highest BCUT2D eigenvalue weighted by molar-refractivity contribution is 5.40. The Kier molecular flexibility index (Phi) is 4.89. The lowest BCUT2D eigenvalue weighted by Gasteiger charge is -2.19. The Morgan fingerprint density at radius 1 is 1.26 bits per heavy atom. The van der Waals surface area contributed by atoms with Gasteiger partial charge in [-0.15, -0.1) is 0 Å². The molecule has 1 aromatic carbocycles. The number of nitrogens with two attached hydrogens (primary N) is 1. The molecule has 0 fully saturated rings. The molecule has 1 aromatic heterocycles. The molecule has 1 heterocycles. The number of pyridine rings is 1. The Morgan fingerprint density at radius 2 is 2.11 bits per heavy atom.